The molecule has 0 radical (unpaired) electrons. The maximum Gasteiger partial charge on any atom is 0.317 e. The second kappa shape index (κ2) is 7.84. The van der Waals surface area contributed by atoms with Gasteiger partial charge in [-0.05, 0) is 37.5 Å². The fraction of sp³-hybridized carbons (Fsp3) is 0.778. The van der Waals surface area contributed by atoms with Crippen molar-refractivity contribution in [3.8, 4) is 0 Å². The van der Waals surface area contributed by atoms with Gasteiger partial charge in [-0.15, -0.1) is 0 Å². The van der Waals surface area contributed by atoms with Crippen LogP contribution in [0.15, 0.2) is 12.2 Å². The summed E-state index contributed by atoms with van der Waals surface area (Å²) in [6.07, 6.45) is 12.3. The number of hydrogen-bond donors (Lipinski definition) is 2. The Labute approximate surface area is 138 Å². The molecule has 0 aromatic carbocycles. The molecule has 2 N–H and O–H groups in total. The van der Waals surface area contributed by atoms with E-state index in [2.05, 4.69) is 22.8 Å². The Bertz CT molecular complexity index is 441. The van der Waals surface area contributed by atoms with Crippen molar-refractivity contribution in [3.63, 3.8) is 0 Å². The molecular formula is C18H29N3O2. The maximum absolute atomic E-state index is 12.2. The second-order valence-electron chi connectivity index (χ2n) is 7.23. The molecule has 0 spiro atoms. The SMILES string of the molecule is O=C(NCCNC(=O)N1C[C@H]2CC=CC[C@H]2C1)C1CCCCC1. The maximum atomic E-state index is 12.2. The van der Waals surface area contributed by atoms with Crippen LogP contribution in [0.4, 0.5) is 4.79 Å². The Balaban J connectivity index is 1.31. The molecule has 1 aliphatic heterocycles. The topological polar surface area (TPSA) is 61.4 Å². The Hall–Kier alpha value is -1.52. The molecule has 0 aromatic rings. The van der Waals surface area contributed by atoms with E-state index in [1.807, 2.05) is 4.90 Å². The number of amides is 3. The number of nitrogens with zero attached hydrogens (tertiary/aromatic N) is 1. The molecule has 3 aliphatic rings. The fourth-order valence-corrected chi connectivity index (χ4v) is 4.16. The lowest BCUT2D eigenvalue weighted by Gasteiger charge is -2.21. The number of likely N-dealkylation sites (tertiary alicyclic amines) is 1. The monoisotopic (exact) mass is 319 g/mol. The van der Waals surface area contributed by atoms with Crippen molar-refractivity contribution in [2.75, 3.05) is 26.2 Å². The summed E-state index contributed by atoms with van der Waals surface area (Å²) < 4.78 is 0. The number of carbonyl (C=O) groups excluding carboxylic acids is 2. The van der Waals surface area contributed by atoms with Gasteiger partial charge < -0.3 is 15.5 Å². The molecule has 0 aromatic heterocycles. The summed E-state index contributed by atoms with van der Waals surface area (Å²) in [5.41, 5.74) is 0. The zero-order valence-corrected chi connectivity index (χ0v) is 13.9. The number of hydrogen-bond acceptors (Lipinski definition) is 2. The minimum absolute atomic E-state index is 0.0197. The molecule has 5 nitrogen and oxygen atoms in total. The molecule has 3 amide bonds. The molecule has 2 atom stereocenters. The third-order valence-electron chi connectivity index (χ3n) is 5.58. The highest BCUT2D eigenvalue weighted by atomic mass is 16.2. The highest BCUT2D eigenvalue weighted by molar-refractivity contribution is 5.79. The summed E-state index contributed by atoms with van der Waals surface area (Å²) in [4.78, 5) is 26.2. The molecule has 3 rings (SSSR count). The lowest BCUT2D eigenvalue weighted by atomic mass is 9.86. The van der Waals surface area contributed by atoms with E-state index >= 15 is 0 Å². The number of rotatable bonds is 4. The first-order chi connectivity index (χ1) is 11.2. The first kappa shape index (κ1) is 16.3. The lowest BCUT2D eigenvalue weighted by Crippen LogP contribution is -2.43. The third kappa shape index (κ3) is 4.27. The highest BCUT2D eigenvalue weighted by Gasteiger charge is 2.34. The zero-order valence-electron chi connectivity index (χ0n) is 13.9. The fourth-order valence-electron chi connectivity index (χ4n) is 4.16. The molecule has 2 aliphatic carbocycles. The van der Waals surface area contributed by atoms with Crippen LogP contribution in [-0.4, -0.2) is 43.0 Å². The van der Waals surface area contributed by atoms with E-state index in [1.54, 1.807) is 0 Å². The number of nitrogens with one attached hydrogen (secondary N) is 2. The first-order valence-corrected chi connectivity index (χ1v) is 9.19. The van der Waals surface area contributed by atoms with Gasteiger partial charge >= 0.3 is 6.03 Å². The standard InChI is InChI=1S/C18H29N3O2/c22-17(14-6-2-1-3-7-14)19-10-11-20-18(23)21-12-15-8-4-5-9-16(15)13-21/h4-5,14-16H,1-3,6-13H2,(H,19,22)(H,20,23)/t15-,16+. The summed E-state index contributed by atoms with van der Waals surface area (Å²) in [6.45, 7) is 2.79. The van der Waals surface area contributed by atoms with Crippen LogP contribution in [0.1, 0.15) is 44.9 Å². The summed E-state index contributed by atoms with van der Waals surface area (Å²) in [5.74, 6) is 1.62. The largest absolute Gasteiger partial charge is 0.354 e. The van der Waals surface area contributed by atoms with Gasteiger partial charge in [0, 0.05) is 32.1 Å². The Morgan fingerprint density at radius 1 is 0.913 bits per heavy atom. The molecule has 128 valence electrons. The van der Waals surface area contributed by atoms with Gasteiger partial charge in [0.25, 0.3) is 0 Å². The molecular weight excluding hydrogens is 290 g/mol. The van der Waals surface area contributed by atoms with Crippen molar-refractivity contribution in [2.45, 2.75) is 44.9 Å². The summed E-state index contributed by atoms with van der Waals surface area (Å²) in [5, 5.41) is 5.91. The van der Waals surface area contributed by atoms with E-state index in [0.29, 0.717) is 24.9 Å². The van der Waals surface area contributed by atoms with Gasteiger partial charge in [0.05, 0.1) is 0 Å². The molecule has 2 fully saturated rings. The van der Waals surface area contributed by atoms with Gasteiger partial charge in [0.1, 0.15) is 0 Å². The van der Waals surface area contributed by atoms with Crippen molar-refractivity contribution in [3.05, 3.63) is 12.2 Å². The van der Waals surface area contributed by atoms with Crippen molar-refractivity contribution < 1.29 is 9.59 Å². The Kier molecular flexibility index (Phi) is 5.57. The van der Waals surface area contributed by atoms with Crippen molar-refractivity contribution >= 4 is 11.9 Å². The van der Waals surface area contributed by atoms with Crippen LogP contribution in [0.3, 0.4) is 0 Å². The number of allylic oxidation sites excluding steroid dienone is 2. The van der Waals surface area contributed by atoms with E-state index < -0.39 is 0 Å². The van der Waals surface area contributed by atoms with E-state index in [9.17, 15) is 9.59 Å². The highest BCUT2D eigenvalue weighted by Crippen LogP contribution is 2.32. The van der Waals surface area contributed by atoms with Gasteiger partial charge in [-0.25, -0.2) is 4.79 Å². The average Bonchev–Trinajstić information content (AvgIpc) is 3.03. The lowest BCUT2D eigenvalue weighted by molar-refractivity contribution is -0.125. The molecule has 1 heterocycles. The van der Waals surface area contributed by atoms with E-state index in [-0.39, 0.29) is 17.9 Å². The van der Waals surface area contributed by atoms with Crippen LogP contribution in [0.25, 0.3) is 0 Å². The summed E-state index contributed by atoms with van der Waals surface area (Å²) >= 11 is 0. The van der Waals surface area contributed by atoms with E-state index in [0.717, 1.165) is 38.8 Å². The van der Waals surface area contributed by atoms with Crippen molar-refractivity contribution in [1.29, 1.82) is 0 Å². The average molecular weight is 319 g/mol. The Morgan fingerprint density at radius 3 is 2.17 bits per heavy atom. The third-order valence-corrected chi connectivity index (χ3v) is 5.58. The zero-order chi connectivity index (χ0) is 16.1. The van der Waals surface area contributed by atoms with Crippen LogP contribution >= 0.6 is 0 Å². The molecule has 1 saturated carbocycles. The minimum atomic E-state index is 0.0197. The number of carbonyl (C=O) groups is 2. The van der Waals surface area contributed by atoms with E-state index in [4.69, 9.17) is 0 Å². The number of fused-ring (bicyclic) bond motifs is 1. The molecule has 0 bridgehead atoms. The van der Waals surface area contributed by atoms with Gasteiger partial charge in [0.2, 0.25) is 5.91 Å². The van der Waals surface area contributed by atoms with Crippen molar-refractivity contribution in [2.24, 2.45) is 17.8 Å². The Morgan fingerprint density at radius 2 is 1.52 bits per heavy atom. The molecule has 1 saturated heterocycles. The summed E-state index contributed by atoms with van der Waals surface area (Å²) in [7, 11) is 0. The smallest absolute Gasteiger partial charge is 0.317 e. The van der Waals surface area contributed by atoms with Crippen LogP contribution in [-0.2, 0) is 4.79 Å². The van der Waals surface area contributed by atoms with Crippen LogP contribution in [0, 0.1) is 17.8 Å². The van der Waals surface area contributed by atoms with Gasteiger partial charge in [0.15, 0.2) is 0 Å². The molecule has 0 unspecified atom stereocenters. The predicted octanol–water partition coefficient (Wildman–Crippen LogP) is 2.29. The van der Waals surface area contributed by atoms with Crippen LogP contribution < -0.4 is 10.6 Å². The van der Waals surface area contributed by atoms with Crippen molar-refractivity contribution in [1.82, 2.24) is 15.5 Å². The van der Waals surface area contributed by atoms with Gasteiger partial charge in [-0.3, -0.25) is 4.79 Å². The summed E-state index contributed by atoms with van der Waals surface area (Å²) in [6, 6.07) is 0.0197. The predicted molar refractivity (Wildman–Crippen MR) is 89.9 cm³/mol. The quantitative estimate of drug-likeness (QED) is 0.617. The number of urea groups is 1. The minimum Gasteiger partial charge on any atom is -0.354 e. The molecule has 5 heteroatoms. The van der Waals surface area contributed by atoms with Gasteiger partial charge in [-0.1, -0.05) is 31.4 Å². The second-order valence-corrected chi connectivity index (χ2v) is 7.23. The van der Waals surface area contributed by atoms with Crippen LogP contribution in [0.5, 0.6) is 0 Å². The van der Waals surface area contributed by atoms with Gasteiger partial charge in [-0.2, -0.15) is 0 Å². The van der Waals surface area contributed by atoms with E-state index in [1.165, 1.54) is 19.3 Å². The first-order valence-electron chi connectivity index (χ1n) is 9.19. The molecule has 23 heavy (non-hydrogen) atoms. The normalized spacial score (nSPS) is 27.6. The van der Waals surface area contributed by atoms with Crippen LogP contribution in [0.2, 0.25) is 0 Å².